The summed E-state index contributed by atoms with van der Waals surface area (Å²) in [5.74, 6) is 1.43. The molecule has 1 saturated heterocycles. The molecule has 1 aliphatic rings. The lowest BCUT2D eigenvalue weighted by atomic mass is 10.0. The molecule has 0 spiro atoms. The second-order valence-corrected chi connectivity index (χ2v) is 9.12. The van der Waals surface area contributed by atoms with Gasteiger partial charge < -0.3 is 24.3 Å². The molecular formula is C26H23BrN4O2S. The van der Waals surface area contributed by atoms with Crippen LogP contribution in [0.3, 0.4) is 0 Å². The minimum absolute atomic E-state index is 0.172. The van der Waals surface area contributed by atoms with Gasteiger partial charge in [-0.05, 0) is 72.9 Å². The van der Waals surface area contributed by atoms with Gasteiger partial charge in [0.2, 0.25) is 0 Å². The topological polar surface area (TPSA) is 51.6 Å². The highest BCUT2D eigenvalue weighted by molar-refractivity contribution is 9.10. The SMILES string of the molecule is COc1ccc(OC)c(N2C(=S)N[C@@H](c3ccccn3)[C@H]2c2cccn2-c2ccc(Br)cc2)c1. The van der Waals surface area contributed by atoms with Crippen molar-refractivity contribution in [3.05, 3.63) is 101 Å². The number of hydrogen-bond donors (Lipinski definition) is 1. The number of benzene rings is 2. The van der Waals surface area contributed by atoms with Crippen LogP contribution in [0.25, 0.3) is 5.69 Å². The standard InChI is InChI=1S/C26H23BrN4O2S/c1-32-19-12-13-23(33-2)22(16-19)31-25(24(29-26(31)34)20-6-3-4-14-28-20)21-7-5-15-30(21)18-10-8-17(27)9-11-18/h3-16,24-25H,1-2H3,(H,29,34)/t24-,25+/m0/s1. The fraction of sp³-hybridized carbons (Fsp3) is 0.154. The zero-order valence-corrected chi connectivity index (χ0v) is 21.1. The average molecular weight is 535 g/mol. The number of nitrogens with one attached hydrogen (secondary N) is 1. The highest BCUT2D eigenvalue weighted by Gasteiger charge is 2.43. The molecule has 0 radical (unpaired) electrons. The molecule has 1 N–H and O–H groups in total. The molecule has 8 heteroatoms. The number of ether oxygens (including phenoxy) is 2. The van der Waals surface area contributed by atoms with Gasteiger partial charge in [-0.15, -0.1) is 0 Å². The molecule has 172 valence electrons. The molecule has 6 nitrogen and oxygen atoms in total. The molecule has 0 amide bonds. The molecule has 0 saturated carbocycles. The average Bonchev–Trinajstić information content (AvgIpc) is 3.49. The van der Waals surface area contributed by atoms with E-state index in [0.717, 1.165) is 33.0 Å². The first kappa shape index (κ1) is 22.4. The Morgan fingerprint density at radius 1 is 0.971 bits per heavy atom. The summed E-state index contributed by atoms with van der Waals surface area (Å²) in [7, 11) is 3.31. The molecule has 1 fully saturated rings. The predicted molar refractivity (Wildman–Crippen MR) is 141 cm³/mol. The summed E-state index contributed by atoms with van der Waals surface area (Å²) in [5, 5.41) is 4.10. The fourth-order valence-electron chi connectivity index (χ4n) is 4.37. The maximum Gasteiger partial charge on any atom is 0.174 e. The number of thiocarbonyl (C=S) groups is 1. The highest BCUT2D eigenvalue weighted by atomic mass is 79.9. The van der Waals surface area contributed by atoms with E-state index in [1.54, 1.807) is 20.4 Å². The number of aromatic nitrogens is 2. The van der Waals surface area contributed by atoms with E-state index in [4.69, 9.17) is 21.7 Å². The molecule has 34 heavy (non-hydrogen) atoms. The first-order valence-electron chi connectivity index (χ1n) is 10.8. The summed E-state index contributed by atoms with van der Waals surface area (Å²) < 4.78 is 14.5. The van der Waals surface area contributed by atoms with Gasteiger partial charge in [-0.3, -0.25) is 4.98 Å². The maximum atomic E-state index is 5.89. The smallest absolute Gasteiger partial charge is 0.174 e. The van der Waals surface area contributed by atoms with Crippen LogP contribution in [-0.2, 0) is 0 Å². The van der Waals surface area contributed by atoms with E-state index in [1.165, 1.54) is 0 Å². The van der Waals surface area contributed by atoms with E-state index in [1.807, 2.05) is 48.5 Å². The minimum Gasteiger partial charge on any atom is -0.497 e. The molecule has 1 aliphatic heterocycles. The van der Waals surface area contributed by atoms with Crippen LogP contribution in [0.2, 0.25) is 0 Å². The predicted octanol–water partition coefficient (Wildman–Crippen LogP) is 5.83. The van der Waals surface area contributed by atoms with Crippen molar-refractivity contribution in [2.75, 3.05) is 19.1 Å². The van der Waals surface area contributed by atoms with E-state index < -0.39 is 0 Å². The number of anilines is 1. The molecular weight excluding hydrogens is 512 g/mol. The Morgan fingerprint density at radius 2 is 1.79 bits per heavy atom. The number of nitrogens with zero attached hydrogens (tertiary/aromatic N) is 3. The van der Waals surface area contributed by atoms with Gasteiger partial charge in [0.05, 0.1) is 31.6 Å². The molecule has 2 aromatic carbocycles. The van der Waals surface area contributed by atoms with Crippen LogP contribution in [0.4, 0.5) is 5.69 Å². The van der Waals surface area contributed by atoms with Gasteiger partial charge in [0.25, 0.3) is 0 Å². The summed E-state index contributed by atoms with van der Waals surface area (Å²) in [6.07, 6.45) is 3.87. The fourth-order valence-corrected chi connectivity index (χ4v) is 4.98. The third-order valence-corrected chi connectivity index (χ3v) is 6.77. The summed E-state index contributed by atoms with van der Waals surface area (Å²) in [6, 6.07) is 23.7. The van der Waals surface area contributed by atoms with Crippen LogP contribution < -0.4 is 19.7 Å². The van der Waals surface area contributed by atoms with Crippen molar-refractivity contribution >= 4 is 38.9 Å². The van der Waals surface area contributed by atoms with Gasteiger partial charge in [-0.2, -0.15) is 0 Å². The van der Waals surface area contributed by atoms with Crippen molar-refractivity contribution in [1.29, 1.82) is 0 Å². The highest BCUT2D eigenvalue weighted by Crippen LogP contribution is 2.46. The normalized spacial score (nSPS) is 17.5. The Hall–Kier alpha value is -3.36. The lowest BCUT2D eigenvalue weighted by Gasteiger charge is -2.30. The molecule has 5 rings (SSSR count). The number of pyridine rings is 1. The molecule has 0 unspecified atom stereocenters. The quantitative estimate of drug-likeness (QED) is 0.314. The Kier molecular flexibility index (Phi) is 6.26. The van der Waals surface area contributed by atoms with Gasteiger partial charge in [-0.25, -0.2) is 0 Å². The Balaban J connectivity index is 1.70. The first-order chi connectivity index (χ1) is 16.6. The second kappa shape index (κ2) is 9.48. The molecule has 2 atom stereocenters. The van der Waals surface area contributed by atoms with Crippen molar-refractivity contribution in [3.8, 4) is 17.2 Å². The molecule has 0 aliphatic carbocycles. The second-order valence-electron chi connectivity index (χ2n) is 7.81. The lowest BCUT2D eigenvalue weighted by Crippen LogP contribution is -2.30. The van der Waals surface area contributed by atoms with Gasteiger partial charge in [0, 0.05) is 34.3 Å². The molecule has 0 bridgehead atoms. The number of methoxy groups -OCH3 is 2. The Labute approximate surface area is 212 Å². The minimum atomic E-state index is -0.193. The monoisotopic (exact) mass is 534 g/mol. The number of halogens is 1. The Bertz CT molecular complexity index is 1310. The molecule has 4 aromatic rings. The van der Waals surface area contributed by atoms with Crippen molar-refractivity contribution in [1.82, 2.24) is 14.9 Å². The summed E-state index contributed by atoms with van der Waals surface area (Å²) in [5.41, 5.74) is 3.85. The van der Waals surface area contributed by atoms with Crippen molar-refractivity contribution in [2.24, 2.45) is 0 Å². The zero-order chi connectivity index (χ0) is 23.7. The van der Waals surface area contributed by atoms with Crippen LogP contribution in [-0.4, -0.2) is 28.9 Å². The van der Waals surface area contributed by atoms with Gasteiger partial charge in [0.15, 0.2) is 5.11 Å². The van der Waals surface area contributed by atoms with Crippen molar-refractivity contribution in [3.63, 3.8) is 0 Å². The zero-order valence-electron chi connectivity index (χ0n) is 18.7. The molecule has 3 heterocycles. The summed E-state index contributed by atoms with van der Waals surface area (Å²) in [4.78, 5) is 6.75. The van der Waals surface area contributed by atoms with Gasteiger partial charge in [-0.1, -0.05) is 22.0 Å². The summed E-state index contributed by atoms with van der Waals surface area (Å²) >= 11 is 9.42. The maximum absolute atomic E-state index is 5.89. The van der Waals surface area contributed by atoms with Crippen molar-refractivity contribution < 1.29 is 9.47 Å². The number of hydrogen-bond acceptors (Lipinski definition) is 4. The van der Waals surface area contributed by atoms with E-state index in [-0.39, 0.29) is 12.1 Å². The van der Waals surface area contributed by atoms with E-state index >= 15 is 0 Å². The first-order valence-corrected chi connectivity index (χ1v) is 12.0. The van der Waals surface area contributed by atoms with Gasteiger partial charge >= 0.3 is 0 Å². The van der Waals surface area contributed by atoms with Crippen LogP contribution in [0.15, 0.2) is 89.7 Å². The molecule has 2 aromatic heterocycles. The summed E-state index contributed by atoms with van der Waals surface area (Å²) in [6.45, 7) is 0. The lowest BCUT2D eigenvalue weighted by molar-refractivity contribution is 0.402. The third-order valence-electron chi connectivity index (χ3n) is 5.93. The van der Waals surface area contributed by atoms with Crippen LogP contribution in [0.1, 0.15) is 23.5 Å². The van der Waals surface area contributed by atoms with Crippen molar-refractivity contribution in [2.45, 2.75) is 12.1 Å². The van der Waals surface area contributed by atoms with E-state index in [0.29, 0.717) is 10.9 Å². The van der Waals surface area contributed by atoms with Gasteiger partial charge in [0.1, 0.15) is 17.5 Å². The third kappa shape index (κ3) is 4.03. The van der Waals surface area contributed by atoms with E-state index in [9.17, 15) is 0 Å². The number of rotatable bonds is 6. The Morgan fingerprint density at radius 3 is 2.50 bits per heavy atom. The van der Waals surface area contributed by atoms with Crippen LogP contribution in [0, 0.1) is 0 Å². The van der Waals surface area contributed by atoms with E-state index in [2.05, 4.69) is 66.2 Å². The van der Waals surface area contributed by atoms with Crippen LogP contribution in [0.5, 0.6) is 11.5 Å². The largest absolute Gasteiger partial charge is 0.497 e. The van der Waals surface area contributed by atoms with Crippen LogP contribution >= 0.6 is 28.1 Å².